The summed E-state index contributed by atoms with van der Waals surface area (Å²) in [5.74, 6) is 0.130. The van der Waals surface area contributed by atoms with E-state index in [0.29, 0.717) is 24.9 Å². The lowest BCUT2D eigenvalue weighted by atomic mass is 9.55. The molecule has 32 heavy (non-hydrogen) atoms. The highest BCUT2D eigenvalue weighted by atomic mass is 16.3. The van der Waals surface area contributed by atoms with Gasteiger partial charge in [0.1, 0.15) is 5.75 Å². The van der Waals surface area contributed by atoms with E-state index in [1.807, 2.05) is 61.6 Å². The molecular weight excluding hydrogens is 400 g/mol. The van der Waals surface area contributed by atoms with E-state index < -0.39 is 11.0 Å². The van der Waals surface area contributed by atoms with E-state index in [1.54, 1.807) is 12.1 Å². The summed E-state index contributed by atoms with van der Waals surface area (Å²) in [5.41, 5.74) is 0.215. The van der Waals surface area contributed by atoms with Gasteiger partial charge < -0.3 is 20.4 Å². The highest BCUT2D eigenvalue weighted by Gasteiger charge is 2.57. The van der Waals surface area contributed by atoms with Gasteiger partial charge in [0, 0.05) is 23.6 Å². The van der Waals surface area contributed by atoms with Crippen LogP contribution in [0, 0.1) is 0 Å². The molecule has 1 saturated carbocycles. The summed E-state index contributed by atoms with van der Waals surface area (Å²) in [6.07, 6.45) is 2.77. The smallest absolute Gasteiger partial charge is 0.251 e. The molecule has 3 atom stereocenters. The predicted octanol–water partition coefficient (Wildman–Crippen LogP) is 3.83. The van der Waals surface area contributed by atoms with Gasteiger partial charge in [0.2, 0.25) is 0 Å². The lowest BCUT2D eigenvalue weighted by Crippen LogP contribution is -2.66. The van der Waals surface area contributed by atoms with Crippen LogP contribution in [0.25, 0.3) is 10.8 Å². The zero-order chi connectivity index (χ0) is 22.3. The van der Waals surface area contributed by atoms with Crippen molar-refractivity contribution in [3.8, 4) is 5.75 Å². The number of rotatable bonds is 3. The number of hydrogen-bond donors (Lipinski definition) is 3. The molecule has 5 nitrogen and oxygen atoms in total. The maximum atomic E-state index is 13.1. The second-order valence-corrected chi connectivity index (χ2v) is 9.63. The molecule has 166 valence electrons. The van der Waals surface area contributed by atoms with Crippen LogP contribution in [0.5, 0.6) is 5.75 Å². The van der Waals surface area contributed by atoms with E-state index in [-0.39, 0.29) is 17.7 Å². The fraction of sp³-hybridized carbons (Fsp3) is 0.370. The SMILES string of the molecule is CN1CC[C@@]2(c3cccc(O)c3)C[C@@H](NC(=O)c3ccc4ccccc4c3)CC[C@]2(O)C1. The van der Waals surface area contributed by atoms with Crippen LogP contribution in [0.2, 0.25) is 0 Å². The third kappa shape index (κ3) is 3.55. The molecule has 1 amide bonds. The van der Waals surface area contributed by atoms with Crippen LogP contribution in [-0.4, -0.2) is 52.8 Å². The van der Waals surface area contributed by atoms with Crippen molar-refractivity contribution >= 4 is 16.7 Å². The van der Waals surface area contributed by atoms with Crippen molar-refractivity contribution in [2.24, 2.45) is 0 Å². The predicted molar refractivity (Wildman–Crippen MR) is 126 cm³/mol. The largest absolute Gasteiger partial charge is 0.508 e. The van der Waals surface area contributed by atoms with Crippen molar-refractivity contribution in [3.63, 3.8) is 0 Å². The van der Waals surface area contributed by atoms with Crippen LogP contribution in [0.3, 0.4) is 0 Å². The van der Waals surface area contributed by atoms with Gasteiger partial charge >= 0.3 is 0 Å². The first-order chi connectivity index (χ1) is 15.4. The van der Waals surface area contributed by atoms with E-state index in [1.165, 1.54) is 0 Å². The molecule has 1 aliphatic heterocycles. The maximum absolute atomic E-state index is 13.1. The molecule has 0 bridgehead atoms. The van der Waals surface area contributed by atoms with Crippen molar-refractivity contribution in [3.05, 3.63) is 77.9 Å². The molecule has 2 fully saturated rings. The number of phenolic OH excluding ortho intramolecular Hbond substituents is 1. The Balaban J connectivity index is 1.43. The number of aromatic hydroxyl groups is 1. The number of nitrogens with zero attached hydrogens (tertiary/aromatic N) is 1. The van der Waals surface area contributed by atoms with Gasteiger partial charge in [-0.15, -0.1) is 0 Å². The summed E-state index contributed by atoms with van der Waals surface area (Å²) in [7, 11) is 2.04. The number of benzene rings is 3. The summed E-state index contributed by atoms with van der Waals surface area (Å²) < 4.78 is 0. The van der Waals surface area contributed by atoms with E-state index in [2.05, 4.69) is 10.2 Å². The Morgan fingerprint density at radius 3 is 2.66 bits per heavy atom. The van der Waals surface area contributed by atoms with E-state index in [0.717, 1.165) is 35.7 Å². The fourth-order valence-electron chi connectivity index (χ4n) is 5.89. The first kappa shape index (κ1) is 21.0. The Kier molecular flexibility index (Phi) is 5.19. The normalized spacial score (nSPS) is 28.2. The molecule has 5 rings (SSSR count). The molecule has 0 unspecified atom stereocenters. The summed E-state index contributed by atoms with van der Waals surface area (Å²) in [4.78, 5) is 15.3. The van der Waals surface area contributed by atoms with Gasteiger partial charge in [-0.2, -0.15) is 0 Å². The zero-order valence-electron chi connectivity index (χ0n) is 18.4. The number of phenols is 1. The van der Waals surface area contributed by atoms with Crippen LogP contribution in [-0.2, 0) is 5.41 Å². The van der Waals surface area contributed by atoms with Crippen molar-refractivity contribution in [2.45, 2.75) is 42.7 Å². The number of fused-ring (bicyclic) bond motifs is 2. The Labute approximate surface area is 188 Å². The molecule has 0 radical (unpaired) electrons. The molecule has 0 aromatic heterocycles. The first-order valence-corrected chi connectivity index (χ1v) is 11.4. The van der Waals surface area contributed by atoms with Gasteiger partial charge in [-0.1, -0.05) is 42.5 Å². The lowest BCUT2D eigenvalue weighted by Gasteiger charge is -2.57. The third-order valence-electron chi connectivity index (χ3n) is 7.59. The topological polar surface area (TPSA) is 72.8 Å². The first-order valence-electron chi connectivity index (χ1n) is 11.4. The number of nitrogens with one attached hydrogen (secondary N) is 1. The number of carbonyl (C=O) groups excluding carboxylic acids is 1. The Morgan fingerprint density at radius 1 is 1.03 bits per heavy atom. The van der Waals surface area contributed by atoms with Gasteiger partial charge in [-0.3, -0.25) is 4.79 Å². The van der Waals surface area contributed by atoms with Crippen molar-refractivity contribution < 1.29 is 15.0 Å². The Bertz CT molecular complexity index is 1160. The van der Waals surface area contributed by atoms with E-state index in [9.17, 15) is 15.0 Å². The number of likely N-dealkylation sites (N-methyl/N-ethyl adjacent to an activating group) is 1. The van der Waals surface area contributed by atoms with Crippen molar-refractivity contribution in [1.82, 2.24) is 10.2 Å². The summed E-state index contributed by atoms with van der Waals surface area (Å²) >= 11 is 0. The summed E-state index contributed by atoms with van der Waals surface area (Å²) in [5, 5.41) is 27.4. The van der Waals surface area contributed by atoms with Crippen LogP contribution in [0.1, 0.15) is 41.6 Å². The monoisotopic (exact) mass is 430 g/mol. The molecule has 3 aromatic carbocycles. The number of likely N-dealkylation sites (tertiary alicyclic amines) is 1. The minimum Gasteiger partial charge on any atom is -0.508 e. The van der Waals surface area contributed by atoms with Gasteiger partial charge in [0.05, 0.1) is 5.60 Å². The fourth-order valence-corrected chi connectivity index (χ4v) is 5.89. The molecule has 3 N–H and O–H groups in total. The minimum absolute atomic E-state index is 0.0417. The quantitative estimate of drug-likeness (QED) is 0.591. The van der Waals surface area contributed by atoms with Crippen LogP contribution < -0.4 is 5.32 Å². The Morgan fingerprint density at radius 2 is 1.84 bits per heavy atom. The zero-order valence-corrected chi connectivity index (χ0v) is 18.4. The second-order valence-electron chi connectivity index (χ2n) is 9.63. The van der Waals surface area contributed by atoms with Gasteiger partial charge in [0.15, 0.2) is 0 Å². The average molecular weight is 431 g/mol. The second kappa shape index (κ2) is 7.91. The molecule has 1 heterocycles. The molecule has 1 aliphatic carbocycles. The van der Waals surface area contributed by atoms with Gasteiger partial charge in [-0.05, 0) is 79.9 Å². The lowest BCUT2D eigenvalue weighted by molar-refractivity contribution is -0.121. The highest BCUT2D eigenvalue weighted by molar-refractivity contribution is 5.98. The van der Waals surface area contributed by atoms with E-state index >= 15 is 0 Å². The van der Waals surface area contributed by atoms with Gasteiger partial charge in [-0.25, -0.2) is 0 Å². The summed E-state index contributed by atoms with van der Waals surface area (Å²) in [6, 6.07) is 21.1. The number of hydrogen-bond acceptors (Lipinski definition) is 4. The Hall–Kier alpha value is -2.89. The maximum Gasteiger partial charge on any atom is 0.251 e. The van der Waals surface area contributed by atoms with Crippen LogP contribution in [0.4, 0.5) is 0 Å². The average Bonchev–Trinajstić information content (AvgIpc) is 2.79. The number of β-amino-alcohol motifs (C(OH)–C–C–N with tert-alkyl or cyclic N) is 1. The van der Waals surface area contributed by atoms with Crippen molar-refractivity contribution in [2.75, 3.05) is 20.1 Å². The van der Waals surface area contributed by atoms with Crippen molar-refractivity contribution in [1.29, 1.82) is 0 Å². The van der Waals surface area contributed by atoms with Crippen LogP contribution in [0.15, 0.2) is 66.7 Å². The number of aliphatic hydroxyl groups is 1. The number of amides is 1. The molecule has 3 aromatic rings. The minimum atomic E-state index is -0.891. The van der Waals surface area contributed by atoms with Crippen LogP contribution >= 0.6 is 0 Å². The summed E-state index contributed by atoms with van der Waals surface area (Å²) in [6.45, 7) is 1.46. The van der Waals surface area contributed by atoms with E-state index in [4.69, 9.17) is 0 Å². The molecule has 1 saturated heterocycles. The number of carbonyl (C=O) groups is 1. The molecule has 0 spiro atoms. The number of piperidine rings is 1. The van der Waals surface area contributed by atoms with Gasteiger partial charge in [0.25, 0.3) is 5.91 Å². The third-order valence-corrected chi connectivity index (χ3v) is 7.59. The molecule has 5 heteroatoms. The highest BCUT2D eigenvalue weighted by Crippen LogP contribution is 2.51. The molecule has 2 aliphatic rings. The standard InChI is InChI=1S/C27H30N2O3/c1-29-14-13-26(22-7-4-8-24(30)16-22)17-23(11-12-27(26,32)18-29)28-25(31)21-10-9-19-5-2-3-6-20(19)15-21/h2-10,15-16,23,30,32H,11-14,17-18H2,1H3,(H,28,31)/t23-,26-,27-/m0/s1. The molecular formula is C27H30N2O3.